The summed E-state index contributed by atoms with van der Waals surface area (Å²) in [6.45, 7) is 4.98. The second-order valence-corrected chi connectivity index (χ2v) is 6.38. The lowest BCUT2D eigenvalue weighted by Gasteiger charge is -2.35. The van der Waals surface area contributed by atoms with Crippen molar-refractivity contribution in [2.75, 3.05) is 24.5 Å². The van der Waals surface area contributed by atoms with E-state index < -0.39 is 0 Å². The lowest BCUT2D eigenvalue weighted by atomic mass is 10.0. The molecule has 2 saturated heterocycles. The third-order valence-corrected chi connectivity index (χ3v) is 4.88. The Morgan fingerprint density at radius 2 is 1.77 bits per heavy atom. The zero-order valence-electron chi connectivity index (χ0n) is 13.5. The first-order valence-electron chi connectivity index (χ1n) is 8.67. The quantitative estimate of drug-likeness (QED) is 0.861. The van der Waals surface area contributed by atoms with Crippen molar-refractivity contribution in [3.05, 3.63) is 18.0 Å². The van der Waals surface area contributed by atoms with Crippen molar-refractivity contribution in [1.82, 2.24) is 14.9 Å². The summed E-state index contributed by atoms with van der Waals surface area (Å²) in [6, 6.07) is 0.539. The molecule has 3 rings (SSSR count). The van der Waals surface area contributed by atoms with Gasteiger partial charge >= 0.3 is 0 Å². The number of amides is 1. The summed E-state index contributed by atoms with van der Waals surface area (Å²) in [5.74, 6) is 0.860. The Labute approximate surface area is 132 Å². The third-order valence-electron chi connectivity index (χ3n) is 4.88. The van der Waals surface area contributed by atoms with E-state index in [1.807, 2.05) is 4.90 Å². The minimum atomic E-state index is 0.0805. The van der Waals surface area contributed by atoms with Crippen LogP contribution in [0.15, 0.2) is 12.4 Å². The predicted molar refractivity (Wildman–Crippen MR) is 87.1 cm³/mol. The van der Waals surface area contributed by atoms with Crippen molar-refractivity contribution >= 4 is 11.9 Å². The van der Waals surface area contributed by atoms with Crippen LogP contribution in [-0.4, -0.2) is 46.5 Å². The largest absolute Gasteiger partial charge is 0.339 e. The minimum Gasteiger partial charge on any atom is -0.339 e. The summed E-state index contributed by atoms with van der Waals surface area (Å²) in [4.78, 5) is 25.6. The van der Waals surface area contributed by atoms with E-state index in [4.69, 9.17) is 0 Å². The SMILES string of the molecule is CCC1CCCCN1c1ncc(C(=O)N2CCCCC2)cn1. The van der Waals surface area contributed by atoms with Gasteiger partial charge in [-0.15, -0.1) is 0 Å². The lowest BCUT2D eigenvalue weighted by Crippen LogP contribution is -2.40. The van der Waals surface area contributed by atoms with Gasteiger partial charge in [0.15, 0.2) is 0 Å². The highest BCUT2D eigenvalue weighted by Gasteiger charge is 2.24. The fraction of sp³-hybridized carbons (Fsp3) is 0.706. The molecule has 5 heteroatoms. The van der Waals surface area contributed by atoms with Crippen molar-refractivity contribution in [2.24, 2.45) is 0 Å². The van der Waals surface area contributed by atoms with E-state index in [-0.39, 0.29) is 5.91 Å². The van der Waals surface area contributed by atoms with Gasteiger partial charge in [-0.3, -0.25) is 4.79 Å². The molecule has 0 saturated carbocycles. The average molecular weight is 302 g/mol. The maximum absolute atomic E-state index is 12.4. The van der Waals surface area contributed by atoms with Crippen LogP contribution in [-0.2, 0) is 0 Å². The van der Waals surface area contributed by atoms with E-state index in [1.165, 1.54) is 25.7 Å². The van der Waals surface area contributed by atoms with Crippen LogP contribution in [0.3, 0.4) is 0 Å². The van der Waals surface area contributed by atoms with Crippen molar-refractivity contribution in [2.45, 2.75) is 57.9 Å². The molecule has 0 spiro atoms. The van der Waals surface area contributed by atoms with Crippen LogP contribution < -0.4 is 4.90 Å². The summed E-state index contributed by atoms with van der Waals surface area (Å²) in [5.41, 5.74) is 0.621. The van der Waals surface area contributed by atoms with Crippen LogP contribution in [0.25, 0.3) is 0 Å². The number of nitrogens with zero attached hydrogens (tertiary/aromatic N) is 4. The molecular weight excluding hydrogens is 276 g/mol. The van der Waals surface area contributed by atoms with E-state index >= 15 is 0 Å². The van der Waals surface area contributed by atoms with Crippen LogP contribution >= 0.6 is 0 Å². The number of rotatable bonds is 3. The molecule has 1 aromatic heterocycles. The van der Waals surface area contributed by atoms with E-state index in [9.17, 15) is 4.79 Å². The van der Waals surface area contributed by atoms with Gasteiger partial charge in [0, 0.05) is 38.1 Å². The maximum atomic E-state index is 12.4. The van der Waals surface area contributed by atoms with E-state index in [0.717, 1.165) is 44.8 Å². The lowest BCUT2D eigenvalue weighted by molar-refractivity contribution is 0.0723. The molecule has 1 amide bonds. The molecule has 3 heterocycles. The van der Waals surface area contributed by atoms with Gasteiger partial charge in [0.25, 0.3) is 5.91 Å². The first-order chi connectivity index (χ1) is 10.8. The van der Waals surface area contributed by atoms with E-state index in [2.05, 4.69) is 21.8 Å². The van der Waals surface area contributed by atoms with Crippen molar-refractivity contribution in [3.63, 3.8) is 0 Å². The first kappa shape index (κ1) is 15.3. The van der Waals surface area contributed by atoms with Gasteiger partial charge in [0.2, 0.25) is 5.95 Å². The topological polar surface area (TPSA) is 49.3 Å². The molecule has 0 aromatic carbocycles. The Morgan fingerprint density at radius 1 is 1.09 bits per heavy atom. The molecule has 2 fully saturated rings. The summed E-state index contributed by atoms with van der Waals surface area (Å²) in [7, 11) is 0. The number of carbonyl (C=O) groups is 1. The van der Waals surface area contributed by atoms with Crippen LogP contribution in [0.4, 0.5) is 5.95 Å². The molecule has 2 aliphatic rings. The molecule has 2 aliphatic heterocycles. The third kappa shape index (κ3) is 3.23. The number of likely N-dealkylation sites (tertiary alicyclic amines) is 1. The number of hydrogen-bond donors (Lipinski definition) is 0. The monoisotopic (exact) mass is 302 g/mol. The molecule has 22 heavy (non-hydrogen) atoms. The summed E-state index contributed by atoms with van der Waals surface area (Å²) in [6.07, 6.45) is 11.7. The maximum Gasteiger partial charge on any atom is 0.256 e. The Kier molecular flexibility index (Phi) is 4.90. The number of aromatic nitrogens is 2. The van der Waals surface area contributed by atoms with Crippen molar-refractivity contribution < 1.29 is 4.79 Å². The van der Waals surface area contributed by atoms with Gasteiger partial charge in [0.05, 0.1) is 5.56 Å². The number of carbonyl (C=O) groups excluding carboxylic acids is 1. The molecule has 1 unspecified atom stereocenters. The molecule has 0 bridgehead atoms. The predicted octanol–water partition coefficient (Wildman–Crippen LogP) is 2.87. The normalized spacial score (nSPS) is 22.7. The molecule has 0 N–H and O–H groups in total. The summed E-state index contributed by atoms with van der Waals surface area (Å²) >= 11 is 0. The Morgan fingerprint density at radius 3 is 2.45 bits per heavy atom. The molecule has 0 aliphatic carbocycles. The highest BCUT2D eigenvalue weighted by Crippen LogP contribution is 2.23. The second kappa shape index (κ2) is 7.07. The summed E-state index contributed by atoms with van der Waals surface area (Å²) < 4.78 is 0. The molecule has 120 valence electrons. The second-order valence-electron chi connectivity index (χ2n) is 6.38. The van der Waals surface area contributed by atoms with Gasteiger partial charge in [-0.05, 0) is 44.9 Å². The fourth-order valence-corrected chi connectivity index (χ4v) is 3.55. The van der Waals surface area contributed by atoms with Gasteiger partial charge in [-0.25, -0.2) is 9.97 Å². The molecule has 1 atom stereocenters. The minimum absolute atomic E-state index is 0.0805. The van der Waals surface area contributed by atoms with Gasteiger partial charge in [0.1, 0.15) is 0 Å². The summed E-state index contributed by atoms with van der Waals surface area (Å²) in [5, 5.41) is 0. The number of anilines is 1. The van der Waals surface area contributed by atoms with Gasteiger partial charge in [-0.2, -0.15) is 0 Å². The van der Waals surface area contributed by atoms with Crippen molar-refractivity contribution in [3.8, 4) is 0 Å². The van der Waals surface area contributed by atoms with E-state index in [0.29, 0.717) is 11.6 Å². The molecule has 0 radical (unpaired) electrons. The Hall–Kier alpha value is -1.65. The molecule has 5 nitrogen and oxygen atoms in total. The van der Waals surface area contributed by atoms with Gasteiger partial charge < -0.3 is 9.80 Å². The highest BCUT2D eigenvalue weighted by atomic mass is 16.2. The zero-order chi connectivity index (χ0) is 15.4. The van der Waals surface area contributed by atoms with Crippen LogP contribution in [0.5, 0.6) is 0 Å². The molecule has 1 aromatic rings. The van der Waals surface area contributed by atoms with Gasteiger partial charge in [-0.1, -0.05) is 6.92 Å². The first-order valence-corrected chi connectivity index (χ1v) is 8.67. The fourth-order valence-electron chi connectivity index (χ4n) is 3.55. The van der Waals surface area contributed by atoms with E-state index in [1.54, 1.807) is 12.4 Å². The Bertz CT molecular complexity index is 496. The average Bonchev–Trinajstić information content (AvgIpc) is 2.62. The van der Waals surface area contributed by atoms with Crippen molar-refractivity contribution in [1.29, 1.82) is 0 Å². The standard InChI is InChI=1S/C17H26N4O/c1-2-15-8-4-7-11-21(15)17-18-12-14(13-19-17)16(22)20-9-5-3-6-10-20/h12-13,15H,2-11H2,1H3. The van der Waals surface area contributed by atoms with Crippen LogP contribution in [0, 0.1) is 0 Å². The number of hydrogen-bond acceptors (Lipinski definition) is 4. The van der Waals surface area contributed by atoms with Crippen LogP contribution in [0.2, 0.25) is 0 Å². The number of piperidine rings is 2. The smallest absolute Gasteiger partial charge is 0.256 e. The highest BCUT2D eigenvalue weighted by molar-refractivity contribution is 5.93. The zero-order valence-corrected chi connectivity index (χ0v) is 13.5. The molecular formula is C17H26N4O. The Balaban J connectivity index is 1.70. The van der Waals surface area contributed by atoms with Crippen LogP contribution in [0.1, 0.15) is 62.2 Å².